The van der Waals surface area contributed by atoms with Crippen molar-refractivity contribution in [1.82, 2.24) is 19.7 Å². The minimum Gasteiger partial charge on any atom is -0.352 e. The Labute approximate surface area is 191 Å². The van der Waals surface area contributed by atoms with E-state index in [0.29, 0.717) is 5.82 Å². The maximum atomic E-state index is 14.4. The van der Waals surface area contributed by atoms with Gasteiger partial charge in [0, 0.05) is 18.9 Å². The third kappa shape index (κ3) is 5.38. The highest BCUT2D eigenvalue weighted by atomic mass is 32.2. The van der Waals surface area contributed by atoms with Gasteiger partial charge in [0.1, 0.15) is 17.1 Å². The summed E-state index contributed by atoms with van der Waals surface area (Å²) in [6.07, 6.45) is 5.13. The Morgan fingerprint density at radius 1 is 0.970 bits per heavy atom. The molecular formula is C24H23FN4O3S. The van der Waals surface area contributed by atoms with E-state index in [1.807, 2.05) is 6.07 Å². The molecule has 0 saturated heterocycles. The molecule has 0 aliphatic rings. The van der Waals surface area contributed by atoms with Gasteiger partial charge in [-0.05, 0) is 36.2 Å². The van der Waals surface area contributed by atoms with Crippen molar-refractivity contribution in [3.05, 3.63) is 102 Å². The molecule has 2 aromatic carbocycles. The van der Waals surface area contributed by atoms with E-state index in [-0.39, 0.29) is 35.7 Å². The van der Waals surface area contributed by atoms with E-state index in [1.165, 1.54) is 16.9 Å². The average Bonchev–Trinajstić information content (AvgIpc) is 3.47. The minimum atomic E-state index is -3.29. The average molecular weight is 467 g/mol. The van der Waals surface area contributed by atoms with Gasteiger partial charge in [0.2, 0.25) is 0 Å². The molecule has 0 radical (unpaired) electrons. The van der Waals surface area contributed by atoms with Crippen LogP contribution >= 0.6 is 0 Å². The fourth-order valence-electron chi connectivity index (χ4n) is 3.52. The van der Waals surface area contributed by atoms with Gasteiger partial charge in [-0.15, -0.1) is 0 Å². The monoisotopic (exact) mass is 466 g/mol. The van der Waals surface area contributed by atoms with Gasteiger partial charge in [-0.2, -0.15) is 5.10 Å². The molecule has 0 aliphatic heterocycles. The fourth-order valence-corrected chi connectivity index (χ4v) is 4.94. The van der Waals surface area contributed by atoms with Crippen molar-refractivity contribution in [2.45, 2.75) is 12.2 Å². The number of hydrogen-bond donors (Lipinski definition) is 1. The maximum absolute atomic E-state index is 14.4. The van der Waals surface area contributed by atoms with Crippen LogP contribution in [-0.4, -0.2) is 41.0 Å². The largest absolute Gasteiger partial charge is 0.352 e. The van der Waals surface area contributed by atoms with Crippen LogP contribution in [0, 0.1) is 5.82 Å². The van der Waals surface area contributed by atoms with Crippen molar-refractivity contribution < 1.29 is 17.6 Å². The molecule has 0 spiro atoms. The highest BCUT2D eigenvalue weighted by Gasteiger charge is 2.21. The number of rotatable bonds is 9. The van der Waals surface area contributed by atoms with Crippen molar-refractivity contribution in [2.24, 2.45) is 0 Å². The summed E-state index contributed by atoms with van der Waals surface area (Å²) in [7, 11) is -3.29. The van der Waals surface area contributed by atoms with Gasteiger partial charge in [0.15, 0.2) is 15.7 Å². The standard InChI is InChI=1S/C24H23FN4O3S/c25-21-11-4-5-12-22(21)29-24(28-14-6-7-15-28)20(17-27-29)23(30)26-13-8-16-33(31,32)18-19-9-2-1-3-10-19/h1-7,9-12,14-15,17H,8,13,16,18H2,(H,26,30). The number of hydrogen-bond acceptors (Lipinski definition) is 4. The summed E-state index contributed by atoms with van der Waals surface area (Å²) >= 11 is 0. The Morgan fingerprint density at radius 2 is 1.67 bits per heavy atom. The number of carbonyl (C=O) groups excluding carboxylic acids is 1. The second kappa shape index (κ2) is 9.83. The van der Waals surface area contributed by atoms with Crippen LogP contribution in [0.2, 0.25) is 0 Å². The summed E-state index contributed by atoms with van der Waals surface area (Å²) in [5.41, 5.74) is 1.20. The molecule has 2 heterocycles. The van der Waals surface area contributed by atoms with Crippen LogP contribution in [0.25, 0.3) is 11.5 Å². The molecule has 0 unspecified atom stereocenters. The van der Waals surface area contributed by atoms with Crippen LogP contribution in [0.15, 0.2) is 85.3 Å². The van der Waals surface area contributed by atoms with Crippen LogP contribution in [0.1, 0.15) is 22.3 Å². The third-order valence-corrected chi connectivity index (χ3v) is 6.75. The molecular weight excluding hydrogens is 443 g/mol. The fraction of sp³-hybridized carbons (Fsp3) is 0.167. The summed E-state index contributed by atoms with van der Waals surface area (Å²) in [6, 6.07) is 18.7. The van der Waals surface area contributed by atoms with Crippen LogP contribution < -0.4 is 5.32 Å². The molecule has 4 aromatic rings. The first-order valence-corrected chi connectivity index (χ1v) is 12.3. The highest BCUT2D eigenvalue weighted by molar-refractivity contribution is 7.90. The molecule has 0 atom stereocenters. The van der Waals surface area contributed by atoms with Gasteiger partial charge in [-0.1, -0.05) is 42.5 Å². The molecule has 170 valence electrons. The number of carbonyl (C=O) groups is 1. The van der Waals surface area contributed by atoms with E-state index >= 15 is 0 Å². The first-order chi connectivity index (χ1) is 15.9. The third-order valence-electron chi connectivity index (χ3n) is 5.07. The van der Waals surface area contributed by atoms with E-state index < -0.39 is 21.6 Å². The summed E-state index contributed by atoms with van der Waals surface area (Å²) in [6.45, 7) is 0.183. The van der Waals surface area contributed by atoms with E-state index in [9.17, 15) is 17.6 Å². The van der Waals surface area contributed by atoms with Crippen molar-refractivity contribution in [3.8, 4) is 11.5 Å². The molecule has 1 amide bonds. The lowest BCUT2D eigenvalue weighted by atomic mass is 10.2. The van der Waals surface area contributed by atoms with Gasteiger partial charge in [0.25, 0.3) is 5.91 Å². The number of nitrogens with one attached hydrogen (secondary N) is 1. The molecule has 33 heavy (non-hydrogen) atoms. The predicted molar refractivity (Wildman–Crippen MR) is 124 cm³/mol. The first kappa shape index (κ1) is 22.5. The molecule has 9 heteroatoms. The molecule has 0 fully saturated rings. The van der Waals surface area contributed by atoms with Gasteiger partial charge in [0.05, 0.1) is 17.7 Å². The molecule has 4 rings (SSSR count). The zero-order valence-electron chi connectivity index (χ0n) is 17.8. The Kier molecular flexibility index (Phi) is 6.69. The molecule has 0 bridgehead atoms. The lowest BCUT2D eigenvalue weighted by Crippen LogP contribution is -2.27. The Bertz CT molecular complexity index is 1330. The zero-order chi connectivity index (χ0) is 23.3. The normalized spacial score (nSPS) is 11.4. The zero-order valence-corrected chi connectivity index (χ0v) is 18.6. The van der Waals surface area contributed by atoms with Crippen molar-refractivity contribution in [3.63, 3.8) is 0 Å². The Hall–Kier alpha value is -3.72. The van der Waals surface area contributed by atoms with Crippen LogP contribution in [-0.2, 0) is 15.6 Å². The van der Waals surface area contributed by atoms with Crippen molar-refractivity contribution >= 4 is 15.7 Å². The minimum absolute atomic E-state index is 0.0328. The van der Waals surface area contributed by atoms with Crippen molar-refractivity contribution in [2.75, 3.05) is 12.3 Å². The number of halogens is 1. The number of amides is 1. The number of para-hydroxylation sites is 1. The molecule has 1 N–H and O–H groups in total. The molecule has 7 nitrogen and oxygen atoms in total. The Balaban J connectivity index is 1.45. The number of aromatic nitrogens is 3. The van der Waals surface area contributed by atoms with Crippen LogP contribution in [0.5, 0.6) is 0 Å². The molecule has 2 aromatic heterocycles. The second-order valence-corrected chi connectivity index (χ2v) is 9.71. The number of benzene rings is 2. The van der Waals surface area contributed by atoms with E-state index in [1.54, 1.807) is 71.6 Å². The van der Waals surface area contributed by atoms with Gasteiger partial charge in [-0.3, -0.25) is 4.79 Å². The van der Waals surface area contributed by atoms with Crippen LogP contribution in [0.3, 0.4) is 0 Å². The summed E-state index contributed by atoms with van der Waals surface area (Å²) in [5, 5.41) is 6.99. The first-order valence-electron chi connectivity index (χ1n) is 10.4. The van der Waals surface area contributed by atoms with Gasteiger partial charge in [-0.25, -0.2) is 17.5 Å². The predicted octanol–water partition coefficient (Wildman–Crippen LogP) is 3.54. The smallest absolute Gasteiger partial charge is 0.256 e. The highest BCUT2D eigenvalue weighted by Crippen LogP contribution is 2.21. The van der Waals surface area contributed by atoms with E-state index in [2.05, 4.69) is 10.4 Å². The number of sulfone groups is 1. The van der Waals surface area contributed by atoms with Crippen molar-refractivity contribution in [1.29, 1.82) is 0 Å². The summed E-state index contributed by atoms with van der Waals surface area (Å²) in [4.78, 5) is 12.9. The lowest BCUT2D eigenvalue weighted by molar-refractivity contribution is 0.0953. The topological polar surface area (TPSA) is 86.0 Å². The quantitative estimate of drug-likeness (QED) is 0.383. The summed E-state index contributed by atoms with van der Waals surface area (Å²) < 4.78 is 42.1. The van der Waals surface area contributed by atoms with E-state index in [0.717, 1.165) is 5.56 Å². The maximum Gasteiger partial charge on any atom is 0.256 e. The summed E-state index contributed by atoms with van der Waals surface area (Å²) in [5.74, 6) is -0.568. The van der Waals surface area contributed by atoms with Crippen LogP contribution in [0.4, 0.5) is 4.39 Å². The molecule has 0 saturated carbocycles. The Morgan fingerprint density at radius 3 is 2.39 bits per heavy atom. The van der Waals surface area contributed by atoms with E-state index in [4.69, 9.17) is 0 Å². The SMILES string of the molecule is O=C(NCCCS(=O)(=O)Cc1ccccc1)c1cnn(-c2ccccc2F)c1-n1cccc1. The number of nitrogens with zero attached hydrogens (tertiary/aromatic N) is 3. The lowest BCUT2D eigenvalue weighted by Gasteiger charge is -2.12. The molecule has 0 aliphatic carbocycles. The van der Waals surface area contributed by atoms with Gasteiger partial charge < -0.3 is 9.88 Å². The second-order valence-electron chi connectivity index (χ2n) is 7.52. The van der Waals surface area contributed by atoms with Gasteiger partial charge >= 0.3 is 0 Å².